The van der Waals surface area contributed by atoms with Gasteiger partial charge in [0, 0.05) is 24.3 Å². The van der Waals surface area contributed by atoms with Gasteiger partial charge in [-0.25, -0.2) is 0 Å². The van der Waals surface area contributed by atoms with Crippen LogP contribution in [0.1, 0.15) is 57.6 Å². The molecule has 0 aromatic heterocycles. The lowest BCUT2D eigenvalue weighted by atomic mass is 10.0. The van der Waals surface area contributed by atoms with Crippen molar-refractivity contribution in [2.24, 2.45) is 5.73 Å². The maximum atomic E-state index is 6.26. The summed E-state index contributed by atoms with van der Waals surface area (Å²) in [5.74, 6) is 0. The van der Waals surface area contributed by atoms with Gasteiger partial charge in [-0.3, -0.25) is 0 Å². The first-order valence-corrected chi connectivity index (χ1v) is 7.35. The zero-order chi connectivity index (χ0) is 13.0. The number of para-hydroxylation sites is 1. The normalized spacial score (nSPS) is 22.6. The Hall–Kier alpha value is -1.02. The molecule has 2 heteroatoms. The molecule has 1 heterocycles. The summed E-state index contributed by atoms with van der Waals surface area (Å²) in [7, 11) is 0. The average molecular weight is 246 g/mol. The topological polar surface area (TPSA) is 29.3 Å². The van der Waals surface area contributed by atoms with Crippen LogP contribution in [0.3, 0.4) is 0 Å². The van der Waals surface area contributed by atoms with Crippen LogP contribution in [-0.4, -0.2) is 12.6 Å². The molecule has 1 unspecified atom stereocenters. The molecule has 1 fully saturated rings. The number of rotatable bonds is 3. The third-order valence-corrected chi connectivity index (χ3v) is 4.14. The average Bonchev–Trinajstić information content (AvgIpc) is 2.62. The van der Waals surface area contributed by atoms with Gasteiger partial charge in [0.15, 0.2) is 0 Å². The molecular formula is C16H26N2. The maximum absolute atomic E-state index is 6.26. The van der Waals surface area contributed by atoms with Gasteiger partial charge in [0.1, 0.15) is 0 Å². The number of hydrogen-bond donors (Lipinski definition) is 1. The van der Waals surface area contributed by atoms with Gasteiger partial charge >= 0.3 is 0 Å². The van der Waals surface area contributed by atoms with Crippen LogP contribution in [-0.2, 0) is 0 Å². The minimum atomic E-state index is 0.164. The Labute approximate surface area is 111 Å². The Kier molecular flexibility index (Phi) is 4.65. The summed E-state index contributed by atoms with van der Waals surface area (Å²) in [6.45, 7) is 5.68. The summed E-state index contributed by atoms with van der Waals surface area (Å²) in [5.41, 5.74) is 8.94. The minimum absolute atomic E-state index is 0.164. The molecule has 0 bridgehead atoms. The molecule has 2 N–H and O–H groups in total. The van der Waals surface area contributed by atoms with Crippen molar-refractivity contribution in [2.45, 2.75) is 58.0 Å². The summed E-state index contributed by atoms with van der Waals surface area (Å²) in [6.07, 6.45) is 6.33. The Morgan fingerprint density at radius 1 is 1.28 bits per heavy atom. The highest BCUT2D eigenvalue weighted by Crippen LogP contribution is 2.31. The Balaban J connectivity index is 2.30. The van der Waals surface area contributed by atoms with Crippen molar-refractivity contribution in [1.82, 2.24) is 0 Å². The van der Waals surface area contributed by atoms with Gasteiger partial charge in [-0.2, -0.15) is 0 Å². The van der Waals surface area contributed by atoms with Crippen LogP contribution >= 0.6 is 0 Å². The van der Waals surface area contributed by atoms with Crippen LogP contribution in [0.4, 0.5) is 5.69 Å². The molecule has 0 amide bonds. The van der Waals surface area contributed by atoms with Gasteiger partial charge in [-0.1, -0.05) is 38.0 Å². The van der Waals surface area contributed by atoms with Crippen LogP contribution in [0, 0.1) is 0 Å². The van der Waals surface area contributed by atoms with Gasteiger partial charge in [0.2, 0.25) is 0 Å². The van der Waals surface area contributed by atoms with E-state index in [9.17, 15) is 0 Å². The van der Waals surface area contributed by atoms with Crippen LogP contribution < -0.4 is 10.6 Å². The van der Waals surface area contributed by atoms with Crippen molar-refractivity contribution in [3.8, 4) is 0 Å². The van der Waals surface area contributed by atoms with Crippen molar-refractivity contribution >= 4 is 5.69 Å². The second kappa shape index (κ2) is 6.24. The van der Waals surface area contributed by atoms with Crippen molar-refractivity contribution < 1.29 is 0 Å². The molecule has 1 aliphatic rings. The Morgan fingerprint density at radius 2 is 2.06 bits per heavy atom. The number of nitrogens with zero attached hydrogens (tertiary/aromatic N) is 1. The highest BCUT2D eigenvalue weighted by molar-refractivity contribution is 5.55. The number of benzene rings is 1. The van der Waals surface area contributed by atoms with Crippen LogP contribution in [0.5, 0.6) is 0 Å². The fraction of sp³-hybridized carbons (Fsp3) is 0.625. The molecule has 1 aromatic carbocycles. The lowest BCUT2D eigenvalue weighted by molar-refractivity contribution is 0.608. The van der Waals surface area contributed by atoms with E-state index >= 15 is 0 Å². The number of nitrogens with two attached hydrogens (primary N) is 1. The van der Waals surface area contributed by atoms with Crippen molar-refractivity contribution in [3.05, 3.63) is 29.8 Å². The van der Waals surface area contributed by atoms with Crippen molar-refractivity contribution in [3.63, 3.8) is 0 Å². The first-order valence-electron chi connectivity index (χ1n) is 7.35. The second-order valence-electron chi connectivity index (χ2n) is 5.47. The van der Waals surface area contributed by atoms with E-state index in [1.807, 2.05) is 0 Å². The van der Waals surface area contributed by atoms with Crippen molar-refractivity contribution in [1.29, 1.82) is 0 Å². The van der Waals surface area contributed by atoms with Crippen molar-refractivity contribution in [2.75, 3.05) is 11.4 Å². The minimum Gasteiger partial charge on any atom is -0.369 e. The Morgan fingerprint density at radius 3 is 2.83 bits per heavy atom. The van der Waals surface area contributed by atoms with Gasteiger partial charge in [-0.05, 0) is 37.8 Å². The number of hydrogen-bond acceptors (Lipinski definition) is 2. The summed E-state index contributed by atoms with van der Waals surface area (Å²) in [5, 5.41) is 0. The molecule has 2 nitrogen and oxygen atoms in total. The van der Waals surface area contributed by atoms with E-state index in [4.69, 9.17) is 5.73 Å². The predicted molar refractivity (Wildman–Crippen MR) is 78.9 cm³/mol. The van der Waals surface area contributed by atoms with E-state index in [2.05, 4.69) is 43.0 Å². The molecule has 1 aromatic rings. The third kappa shape index (κ3) is 2.86. The predicted octanol–water partition coefficient (Wildman–Crippen LogP) is 3.87. The SMILES string of the molecule is CC[C@H](N)c1ccccc1N1CCCCCC1C. The third-order valence-electron chi connectivity index (χ3n) is 4.14. The van der Waals surface area contributed by atoms with E-state index < -0.39 is 0 Å². The maximum Gasteiger partial charge on any atom is 0.0417 e. The Bertz CT molecular complexity index is 375. The summed E-state index contributed by atoms with van der Waals surface area (Å²) in [6, 6.07) is 9.48. The monoisotopic (exact) mass is 246 g/mol. The second-order valence-corrected chi connectivity index (χ2v) is 5.47. The molecule has 0 spiro atoms. The van der Waals surface area contributed by atoms with E-state index in [1.165, 1.54) is 43.5 Å². The molecule has 18 heavy (non-hydrogen) atoms. The van der Waals surface area contributed by atoms with E-state index in [0.717, 1.165) is 6.42 Å². The lowest BCUT2D eigenvalue weighted by Crippen LogP contribution is -2.33. The van der Waals surface area contributed by atoms with Crippen LogP contribution in [0.15, 0.2) is 24.3 Å². The van der Waals surface area contributed by atoms with E-state index in [-0.39, 0.29) is 6.04 Å². The molecule has 0 aliphatic carbocycles. The molecular weight excluding hydrogens is 220 g/mol. The fourth-order valence-corrected chi connectivity index (χ4v) is 2.92. The molecule has 1 saturated heterocycles. The largest absolute Gasteiger partial charge is 0.369 e. The van der Waals surface area contributed by atoms with Crippen LogP contribution in [0.2, 0.25) is 0 Å². The summed E-state index contributed by atoms with van der Waals surface area (Å²) >= 11 is 0. The molecule has 2 rings (SSSR count). The zero-order valence-electron chi connectivity index (χ0n) is 11.7. The molecule has 0 saturated carbocycles. The van der Waals surface area contributed by atoms with Gasteiger partial charge in [-0.15, -0.1) is 0 Å². The van der Waals surface area contributed by atoms with Gasteiger partial charge in [0.25, 0.3) is 0 Å². The standard InChI is InChI=1S/C16H26N2/c1-3-15(17)14-10-6-7-11-16(14)18-12-8-4-5-9-13(18)2/h6-7,10-11,13,15H,3-5,8-9,12,17H2,1-2H3/t13?,15-/m0/s1. The molecule has 100 valence electrons. The number of anilines is 1. The van der Waals surface area contributed by atoms with Gasteiger partial charge in [0.05, 0.1) is 0 Å². The van der Waals surface area contributed by atoms with Crippen LogP contribution in [0.25, 0.3) is 0 Å². The quantitative estimate of drug-likeness (QED) is 0.877. The first-order chi connectivity index (χ1) is 8.74. The zero-order valence-corrected chi connectivity index (χ0v) is 11.7. The smallest absolute Gasteiger partial charge is 0.0417 e. The van der Waals surface area contributed by atoms with Gasteiger partial charge < -0.3 is 10.6 Å². The summed E-state index contributed by atoms with van der Waals surface area (Å²) < 4.78 is 0. The van der Waals surface area contributed by atoms with E-state index in [0.29, 0.717) is 6.04 Å². The van der Waals surface area contributed by atoms with E-state index in [1.54, 1.807) is 0 Å². The highest BCUT2D eigenvalue weighted by Gasteiger charge is 2.20. The lowest BCUT2D eigenvalue weighted by Gasteiger charge is -2.32. The fourth-order valence-electron chi connectivity index (χ4n) is 2.92. The first kappa shape index (κ1) is 13.4. The molecule has 2 atom stereocenters. The summed E-state index contributed by atoms with van der Waals surface area (Å²) in [4.78, 5) is 2.57. The highest BCUT2D eigenvalue weighted by atomic mass is 15.2. The molecule has 1 aliphatic heterocycles. The molecule has 0 radical (unpaired) electrons.